The average molecular weight is 312 g/mol. The molecule has 0 aliphatic heterocycles. The maximum atomic E-state index is 11.9. The normalized spacial score (nSPS) is 10.8. The number of aromatic nitrogens is 4. The van der Waals surface area contributed by atoms with E-state index in [1.807, 2.05) is 13.8 Å². The first-order valence-corrected chi connectivity index (χ1v) is 7.87. The number of rotatable bonds is 6. The second-order valence-electron chi connectivity index (χ2n) is 4.21. The van der Waals surface area contributed by atoms with E-state index < -0.39 is 0 Å². The lowest BCUT2D eigenvalue weighted by atomic mass is 10.4. The van der Waals surface area contributed by atoms with E-state index >= 15 is 0 Å². The summed E-state index contributed by atoms with van der Waals surface area (Å²) in [5, 5.41) is 18.6. The van der Waals surface area contributed by atoms with Crippen LogP contribution in [0.15, 0.2) is 16.6 Å². The molecule has 0 saturated heterocycles. The van der Waals surface area contributed by atoms with Crippen molar-refractivity contribution in [3.8, 4) is 0 Å². The van der Waals surface area contributed by atoms with E-state index in [9.17, 15) is 4.79 Å². The van der Waals surface area contributed by atoms with Gasteiger partial charge >= 0.3 is 0 Å². The fourth-order valence-electron chi connectivity index (χ4n) is 1.50. The highest BCUT2D eigenvalue weighted by atomic mass is 32.2. The van der Waals surface area contributed by atoms with Crippen molar-refractivity contribution in [2.75, 3.05) is 23.4 Å². The highest BCUT2D eigenvalue weighted by Gasteiger charge is 2.11. The van der Waals surface area contributed by atoms with Gasteiger partial charge in [0, 0.05) is 19.2 Å². The molecular weight excluding hydrogens is 296 g/mol. The number of thioether (sulfide) groups is 1. The lowest BCUT2D eigenvalue weighted by Crippen LogP contribution is -2.18. The molecule has 2 aromatic rings. The number of nitrogens with one attached hydrogen (secondary N) is 2. The number of hydrogen-bond acceptors (Lipinski definition) is 7. The predicted molar refractivity (Wildman–Crippen MR) is 81.4 cm³/mol. The van der Waals surface area contributed by atoms with Gasteiger partial charge in [-0.05, 0) is 13.8 Å². The van der Waals surface area contributed by atoms with Gasteiger partial charge in [0.2, 0.25) is 11.0 Å². The molecule has 108 valence electrons. The van der Waals surface area contributed by atoms with Gasteiger partial charge in [0.05, 0.1) is 11.9 Å². The van der Waals surface area contributed by atoms with Crippen molar-refractivity contribution >= 4 is 40.0 Å². The summed E-state index contributed by atoms with van der Waals surface area (Å²) >= 11 is 2.79. The molecule has 2 aromatic heterocycles. The minimum atomic E-state index is -0.0846. The zero-order chi connectivity index (χ0) is 14.5. The molecule has 0 aromatic carbocycles. The Hall–Kier alpha value is -1.61. The van der Waals surface area contributed by atoms with Crippen LogP contribution in [0.3, 0.4) is 0 Å². The quantitative estimate of drug-likeness (QED) is 0.795. The van der Waals surface area contributed by atoms with Gasteiger partial charge in [-0.3, -0.25) is 4.79 Å². The maximum Gasteiger partial charge on any atom is 0.235 e. The molecule has 0 bridgehead atoms. The zero-order valence-electron chi connectivity index (χ0n) is 11.5. The third-order valence-electron chi connectivity index (χ3n) is 2.37. The van der Waals surface area contributed by atoms with Gasteiger partial charge in [0.1, 0.15) is 5.82 Å². The Bertz CT molecular complexity index is 579. The van der Waals surface area contributed by atoms with Crippen molar-refractivity contribution in [2.45, 2.75) is 24.2 Å². The van der Waals surface area contributed by atoms with Gasteiger partial charge < -0.3 is 10.6 Å². The van der Waals surface area contributed by atoms with Crippen LogP contribution in [-0.2, 0) is 4.79 Å². The molecule has 0 saturated carbocycles. The van der Waals surface area contributed by atoms with E-state index in [0.717, 1.165) is 9.47 Å². The Balaban J connectivity index is 1.87. The minimum absolute atomic E-state index is 0.0846. The Morgan fingerprint density at radius 1 is 1.50 bits per heavy atom. The first kappa shape index (κ1) is 14.8. The largest absolute Gasteiger partial charge is 0.363 e. The standard InChI is InChI=1S/C11H16N6OS2/c1-7(2)17-8(4-5-13-17)14-9(18)6-19-11-16-15-10(12-3)20-11/h4-5,7H,6H2,1-3H3,(H,12,15)(H,14,18). The third kappa shape index (κ3) is 3.70. The number of nitrogens with zero attached hydrogens (tertiary/aromatic N) is 4. The molecule has 0 aliphatic carbocycles. The predicted octanol–water partition coefficient (Wildman–Crippen LogP) is 2.09. The SMILES string of the molecule is CNc1nnc(SCC(=O)Nc2ccnn2C(C)C)s1. The summed E-state index contributed by atoms with van der Waals surface area (Å²) in [6, 6.07) is 1.99. The molecule has 9 heteroatoms. The number of anilines is 2. The monoisotopic (exact) mass is 312 g/mol. The number of carbonyl (C=O) groups excluding carboxylic acids is 1. The van der Waals surface area contributed by atoms with E-state index in [-0.39, 0.29) is 11.9 Å². The van der Waals surface area contributed by atoms with Crippen LogP contribution >= 0.6 is 23.1 Å². The number of amides is 1. The third-order valence-corrected chi connectivity index (χ3v) is 4.45. The molecule has 0 spiro atoms. The Morgan fingerprint density at radius 3 is 2.95 bits per heavy atom. The molecule has 2 heterocycles. The van der Waals surface area contributed by atoms with E-state index in [1.165, 1.54) is 23.1 Å². The van der Waals surface area contributed by atoms with Gasteiger partial charge in [-0.25, -0.2) is 4.68 Å². The number of carbonyl (C=O) groups is 1. The van der Waals surface area contributed by atoms with E-state index in [1.54, 1.807) is 24.0 Å². The van der Waals surface area contributed by atoms with Crippen LogP contribution in [0.5, 0.6) is 0 Å². The smallest absolute Gasteiger partial charge is 0.235 e. The van der Waals surface area contributed by atoms with Crippen molar-refractivity contribution in [1.29, 1.82) is 0 Å². The van der Waals surface area contributed by atoms with Crippen LogP contribution < -0.4 is 10.6 Å². The van der Waals surface area contributed by atoms with Crippen LogP contribution in [0.1, 0.15) is 19.9 Å². The summed E-state index contributed by atoms with van der Waals surface area (Å²) < 4.78 is 2.54. The molecule has 2 rings (SSSR count). The lowest BCUT2D eigenvalue weighted by molar-refractivity contribution is -0.113. The summed E-state index contributed by atoms with van der Waals surface area (Å²) in [7, 11) is 1.79. The van der Waals surface area contributed by atoms with E-state index in [4.69, 9.17) is 0 Å². The second-order valence-corrected chi connectivity index (χ2v) is 6.41. The van der Waals surface area contributed by atoms with Gasteiger partial charge in [-0.15, -0.1) is 10.2 Å². The maximum absolute atomic E-state index is 11.9. The summed E-state index contributed by atoms with van der Waals surface area (Å²) in [5.74, 6) is 0.916. The number of hydrogen-bond donors (Lipinski definition) is 2. The van der Waals surface area contributed by atoms with Crippen molar-refractivity contribution in [3.05, 3.63) is 12.3 Å². The van der Waals surface area contributed by atoms with Crippen LogP contribution in [0, 0.1) is 0 Å². The molecule has 2 N–H and O–H groups in total. The average Bonchev–Trinajstić information content (AvgIpc) is 3.04. The van der Waals surface area contributed by atoms with Crippen LogP contribution in [0.2, 0.25) is 0 Å². The molecule has 0 radical (unpaired) electrons. The Morgan fingerprint density at radius 2 is 2.30 bits per heavy atom. The Kier molecular flexibility index (Phi) is 4.96. The molecule has 1 amide bonds. The van der Waals surface area contributed by atoms with Crippen molar-refractivity contribution in [3.63, 3.8) is 0 Å². The molecule has 7 nitrogen and oxygen atoms in total. The van der Waals surface area contributed by atoms with E-state index in [0.29, 0.717) is 11.6 Å². The van der Waals surface area contributed by atoms with Gasteiger partial charge in [0.25, 0.3) is 0 Å². The van der Waals surface area contributed by atoms with Crippen LogP contribution in [-0.4, -0.2) is 38.7 Å². The molecule has 0 aliphatic rings. The minimum Gasteiger partial charge on any atom is -0.363 e. The van der Waals surface area contributed by atoms with Crippen molar-refractivity contribution in [2.24, 2.45) is 0 Å². The van der Waals surface area contributed by atoms with Gasteiger partial charge in [-0.1, -0.05) is 23.1 Å². The molecular formula is C11H16N6OS2. The Labute approximate surface area is 125 Å². The topological polar surface area (TPSA) is 84.7 Å². The van der Waals surface area contributed by atoms with Crippen LogP contribution in [0.25, 0.3) is 0 Å². The zero-order valence-corrected chi connectivity index (χ0v) is 13.1. The summed E-state index contributed by atoms with van der Waals surface area (Å²) in [6.45, 7) is 4.02. The summed E-state index contributed by atoms with van der Waals surface area (Å²) in [6.07, 6.45) is 1.67. The van der Waals surface area contributed by atoms with Crippen molar-refractivity contribution < 1.29 is 4.79 Å². The molecule has 0 atom stereocenters. The highest BCUT2D eigenvalue weighted by Crippen LogP contribution is 2.25. The lowest BCUT2D eigenvalue weighted by Gasteiger charge is -2.11. The summed E-state index contributed by atoms with van der Waals surface area (Å²) in [5.41, 5.74) is 0. The van der Waals surface area contributed by atoms with Gasteiger partial charge in [0.15, 0.2) is 4.34 Å². The first-order valence-electron chi connectivity index (χ1n) is 6.07. The van der Waals surface area contributed by atoms with E-state index in [2.05, 4.69) is 25.9 Å². The molecule has 0 unspecified atom stereocenters. The molecule has 0 fully saturated rings. The first-order chi connectivity index (χ1) is 9.60. The van der Waals surface area contributed by atoms with Gasteiger partial charge in [-0.2, -0.15) is 5.10 Å². The highest BCUT2D eigenvalue weighted by molar-refractivity contribution is 8.01. The van der Waals surface area contributed by atoms with Crippen molar-refractivity contribution in [1.82, 2.24) is 20.0 Å². The van der Waals surface area contributed by atoms with Crippen LogP contribution in [0.4, 0.5) is 10.9 Å². The second kappa shape index (κ2) is 6.71. The molecule has 20 heavy (non-hydrogen) atoms. The fourth-order valence-corrected chi connectivity index (χ4v) is 3.01. The summed E-state index contributed by atoms with van der Waals surface area (Å²) in [4.78, 5) is 11.9. The fraction of sp³-hybridized carbons (Fsp3) is 0.455.